The van der Waals surface area contributed by atoms with E-state index in [1.807, 2.05) is 13.8 Å². The van der Waals surface area contributed by atoms with Gasteiger partial charge in [0, 0.05) is 30.4 Å². The molecule has 1 aliphatic rings. The molecule has 2 aromatic heterocycles. The monoisotopic (exact) mass is 351 g/mol. The second-order valence-electron chi connectivity index (χ2n) is 6.13. The van der Waals surface area contributed by atoms with Gasteiger partial charge in [0.1, 0.15) is 5.76 Å². The van der Waals surface area contributed by atoms with Crippen LogP contribution in [0.25, 0.3) is 0 Å². The summed E-state index contributed by atoms with van der Waals surface area (Å²) in [6, 6.07) is 1.26. The fraction of sp³-hybridized carbons (Fsp3) is 0.500. The van der Waals surface area contributed by atoms with Gasteiger partial charge in [-0.2, -0.15) is 5.10 Å². The van der Waals surface area contributed by atoms with Gasteiger partial charge in [-0.3, -0.25) is 9.48 Å². The Balaban J connectivity index is 1.97. The largest absolute Gasteiger partial charge is 0.456 e. The lowest BCUT2D eigenvalue weighted by Crippen LogP contribution is -2.46. The van der Waals surface area contributed by atoms with Crippen molar-refractivity contribution >= 4 is 15.7 Å². The number of carbonyl (C=O) groups excluding carboxylic acids is 1. The zero-order valence-corrected chi connectivity index (χ0v) is 14.8. The molecule has 0 spiro atoms. The Morgan fingerprint density at radius 3 is 2.75 bits per heavy atom. The van der Waals surface area contributed by atoms with E-state index in [-0.39, 0.29) is 29.7 Å². The Bertz CT molecular complexity index is 866. The first-order valence-corrected chi connectivity index (χ1v) is 9.73. The molecule has 0 bridgehead atoms. The molecule has 0 aromatic carbocycles. The number of amides is 1. The highest BCUT2D eigenvalue weighted by Gasteiger charge is 2.37. The highest BCUT2D eigenvalue weighted by atomic mass is 32.2. The number of hydrogen-bond acceptors (Lipinski definition) is 5. The molecule has 24 heavy (non-hydrogen) atoms. The second-order valence-corrected chi connectivity index (χ2v) is 8.36. The number of aryl methyl sites for hydroxylation is 3. The number of carbonyl (C=O) groups is 1. The first-order valence-electron chi connectivity index (χ1n) is 7.91. The standard InChI is InChI=1S/C16H21N3O4S/c1-4-18-9-13(8-17-18)14-10-24(21,22)6-5-19(14)16(20)15-11(2)7-12(3)23-15/h7-9,14H,4-6,10H2,1-3H3. The molecule has 0 radical (unpaired) electrons. The Morgan fingerprint density at radius 1 is 1.42 bits per heavy atom. The lowest BCUT2D eigenvalue weighted by Gasteiger charge is -2.34. The lowest BCUT2D eigenvalue weighted by molar-refractivity contribution is 0.0662. The van der Waals surface area contributed by atoms with E-state index in [9.17, 15) is 13.2 Å². The molecule has 1 amide bonds. The van der Waals surface area contributed by atoms with Crippen molar-refractivity contribution in [2.24, 2.45) is 0 Å². The van der Waals surface area contributed by atoms with Crippen LogP contribution in [0.15, 0.2) is 22.9 Å². The van der Waals surface area contributed by atoms with Crippen LogP contribution in [0, 0.1) is 13.8 Å². The first-order chi connectivity index (χ1) is 11.3. The van der Waals surface area contributed by atoms with Crippen molar-refractivity contribution in [3.05, 3.63) is 41.1 Å². The van der Waals surface area contributed by atoms with Crippen LogP contribution in [-0.2, 0) is 16.4 Å². The summed E-state index contributed by atoms with van der Waals surface area (Å²) in [6.07, 6.45) is 3.43. The maximum Gasteiger partial charge on any atom is 0.290 e. The van der Waals surface area contributed by atoms with Gasteiger partial charge in [0.2, 0.25) is 0 Å². The van der Waals surface area contributed by atoms with Gasteiger partial charge in [0.15, 0.2) is 15.6 Å². The SMILES string of the molecule is CCn1cc(C2CS(=O)(=O)CCN2C(=O)c2oc(C)cc2C)cn1. The predicted octanol–water partition coefficient (Wildman–Crippen LogP) is 1.72. The molecule has 7 nitrogen and oxygen atoms in total. The number of sulfone groups is 1. The van der Waals surface area contributed by atoms with Crippen molar-refractivity contribution in [1.82, 2.24) is 14.7 Å². The van der Waals surface area contributed by atoms with Crippen LogP contribution < -0.4 is 0 Å². The molecule has 1 saturated heterocycles. The Hall–Kier alpha value is -2.09. The van der Waals surface area contributed by atoms with Gasteiger partial charge in [0.05, 0.1) is 23.7 Å². The van der Waals surface area contributed by atoms with Crippen molar-refractivity contribution in [2.75, 3.05) is 18.1 Å². The maximum absolute atomic E-state index is 12.9. The topological polar surface area (TPSA) is 85.4 Å². The van der Waals surface area contributed by atoms with E-state index in [4.69, 9.17) is 4.42 Å². The van der Waals surface area contributed by atoms with Crippen LogP contribution in [0.5, 0.6) is 0 Å². The Kier molecular flexibility index (Phi) is 4.25. The van der Waals surface area contributed by atoms with E-state index in [1.54, 1.807) is 35.0 Å². The number of nitrogens with zero attached hydrogens (tertiary/aromatic N) is 3. The molecule has 0 saturated carbocycles. The third-order valence-electron chi connectivity index (χ3n) is 4.29. The number of hydrogen-bond donors (Lipinski definition) is 0. The minimum atomic E-state index is -3.19. The van der Waals surface area contributed by atoms with E-state index < -0.39 is 15.9 Å². The van der Waals surface area contributed by atoms with E-state index in [1.165, 1.54) is 0 Å². The quantitative estimate of drug-likeness (QED) is 0.840. The van der Waals surface area contributed by atoms with Crippen molar-refractivity contribution in [1.29, 1.82) is 0 Å². The van der Waals surface area contributed by atoms with Crippen molar-refractivity contribution in [2.45, 2.75) is 33.4 Å². The number of rotatable bonds is 3. The maximum atomic E-state index is 12.9. The van der Waals surface area contributed by atoms with Gasteiger partial charge >= 0.3 is 0 Å². The molecule has 2 aromatic rings. The van der Waals surface area contributed by atoms with E-state index in [2.05, 4.69) is 5.10 Å². The van der Waals surface area contributed by atoms with Crippen LogP contribution in [0.2, 0.25) is 0 Å². The number of furan rings is 1. The molecular weight excluding hydrogens is 330 g/mol. The molecule has 0 aliphatic carbocycles. The first kappa shape index (κ1) is 16.8. The van der Waals surface area contributed by atoms with Gasteiger partial charge in [-0.15, -0.1) is 0 Å². The Morgan fingerprint density at radius 2 is 2.17 bits per heavy atom. The normalized spacial score (nSPS) is 20.3. The Labute approximate surface area is 141 Å². The molecule has 130 valence electrons. The molecule has 0 N–H and O–H groups in total. The van der Waals surface area contributed by atoms with Crippen molar-refractivity contribution in [3.63, 3.8) is 0 Å². The molecule has 8 heteroatoms. The predicted molar refractivity (Wildman–Crippen MR) is 88.5 cm³/mol. The third kappa shape index (κ3) is 3.10. The molecule has 3 rings (SSSR count). The van der Waals surface area contributed by atoms with E-state index in [0.717, 1.165) is 11.1 Å². The van der Waals surface area contributed by atoms with E-state index >= 15 is 0 Å². The van der Waals surface area contributed by atoms with Crippen molar-refractivity contribution in [3.8, 4) is 0 Å². The average molecular weight is 351 g/mol. The van der Waals surface area contributed by atoms with Crippen molar-refractivity contribution < 1.29 is 17.6 Å². The molecule has 1 unspecified atom stereocenters. The highest BCUT2D eigenvalue weighted by molar-refractivity contribution is 7.91. The van der Waals surface area contributed by atoms with Crippen LogP contribution >= 0.6 is 0 Å². The van der Waals surface area contributed by atoms with Gasteiger partial charge in [0.25, 0.3) is 5.91 Å². The summed E-state index contributed by atoms with van der Waals surface area (Å²) < 4.78 is 31.4. The third-order valence-corrected chi connectivity index (χ3v) is 5.92. The fourth-order valence-corrected chi connectivity index (χ4v) is 4.53. The summed E-state index contributed by atoms with van der Waals surface area (Å²) >= 11 is 0. The molecule has 1 atom stereocenters. The molecule has 1 fully saturated rings. The van der Waals surface area contributed by atoms with Crippen LogP contribution in [0.4, 0.5) is 0 Å². The summed E-state index contributed by atoms with van der Waals surface area (Å²) in [5.74, 6) is 0.545. The molecule has 1 aliphatic heterocycles. The molecule has 3 heterocycles. The van der Waals surface area contributed by atoms with Gasteiger partial charge < -0.3 is 9.32 Å². The average Bonchev–Trinajstić information content (AvgIpc) is 3.12. The van der Waals surface area contributed by atoms with E-state index in [0.29, 0.717) is 12.3 Å². The van der Waals surface area contributed by atoms with Gasteiger partial charge in [-0.1, -0.05) is 0 Å². The summed E-state index contributed by atoms with van der Waals surface area (Å²) in [5.41, 5.74) is 1.49. The summed E-state index contributed by atoms with van der Waals surface area (Å²) in [6.45, 7) is 6.39. The second kappa shape index (κ2) is 6.08. The van der Waals surface area contributed by atoms with Gasteiger partial charge in [-0.05, 0) is 26.8 Å². The van der Waals surface area contributed by atoms with Crippen LogP contribution in [-0.4, -0.2) is 47.1 Å². The number of aromatic nitrogens is 2. The summed E-state index contributed by atoms with van der Waals surface area (Å²) in [5, 5.41) is 4.21. The zero-order chi connectivity index (χ0) is 17.5. The molecular formula is C16H21N3O4S. The smallest absolute Gasteiger partial charge is 0.290 e. The summed E-state index contributed by atoms with van der Waals surface area (Å²) in [4.78, 5) is 14.5. The summed E-state index contributed by atoms with van der Waals surface area (Å²) in [7, 11) is -3.19. The highest BCUT2D eigenvalue weighted by Crippen LogP contribution is 2.29. The van der Waals surface area contributed by atoms with Crippen LogP contribution in [0.3, 0.4) is 0 Å². The minimum Gasteiger partial charge on any atom is -0.456 e. The zero-order valence-electron chi connectivity index (χ0n) is 14.0. The van der Waals surface area contributed by atoms with Gasteiger partial charge in [-0.25, -0.2) is 8.42 Å². The lowest BCUT2D eigenvalue weighted by atomic mass is 10.1. The van der Waals surface area contributed by atoms with Crippen LogP contribution in [0.1, 0.15) is 40.4 Å². The minimum absolute atomic E-state index is 0.0319. The fourth-order valence-electron chi connectivity index (χ4n) is 3.04.